The van der Waals surface area contributed by atoms with E-state index in [-0.39, 0.29) is 155 Å². The van der Waals surface area contributed by atoms with Crippen LogP contribution in [0.15, 0.2) is 48.5 Å². The van der Waals surface area contributed by atoms with Gasteiger partial charge in [0.1, 0.15) is 23.0 Å². The largest absolute Gasteiger partial charge is 0.495 e. The highest BCUT2D eigenvalue weighted by Gasteiger charge is 2.28. The van der Waals surface area contributed by atoms with Crippen molar-refractivity contribution in [3.63, 3.8) is 0 Å². The zero-order valence-electron chi connectivity index (χ0n) is 51.1. The van der Waals surface area contributed by atoms with Gasteiger partial charge in [0.25, 0.3) is 70.9 Å². The summed E-state index contributed by atoms with van der Waals surface area (Å²) in [4.78, 5) is 163. The Morgan fingerprint density at radius 3 is 0.568 bits per heavy atom. The third-order valence-corrected chi connectivity index (χ3v) is 13.6. The van der Waals surface area contributed by atoms with Crippen LogP contribution >= 0.6 is 0 Å². The van der Waals surface area contributed by atoms with Crippen molar-refractivity contribution in [2.24, 2.45) is 0 Å². The highest BCUT2D eigenvalue weighted by Crippen LogP contribution is 2.30. The zero-order chi connectivity index (χ0) is 65.4. The van der Waals surface area contributed by atoms with Gasteiger partial charge in [0, 0.05) is 144 Å². The van der Waals surface area contributed by atoms with Gasteiger partial charge in [-0.3, -0.25) is 67.3 Å². The Labute approximate surface area is 508 Å². The third-order valence-electron chi connectivity index (χ3n) is 13.6. The molecule has 474 valence electrons. The second-order valence-electron chi connectivity index (χ2n) is 18.8. The maximum absolute atomic E-state index is 14.0. The fourth-order valence-electron chi connectivity index (χ4n) is 9.03. The van der Waals surface area contributed by atoms with Crippen LogP contribution in [0, 0.1) is 0 Å². The first-order chi connectivity index (χ1) is 42.1. The predicted octanol–water partition coefficient (Wildman–Crippen LogP) is -1.78. The molecule has 0 atom stereocenters. The van der Waals surface area contributed by atoms with E-state index in [1.54, 1.807) is 0 Å². The number of nitrogens with one attached hydrogen (secondary N) is 12. The molecule has 0 aliphatic carbocycles. The van der Waals surface area contributed by atoms with Crippen molar-refractivity contribution in [3.8, 4) is 23.0 Å². The normalized spacial score (nSPS) is 10.6. The van der Waals surface area contributed by atoms with Crippen LogP contribution in [0.5, 0.6) is 23.0 Å². The fourth-order valence-corrected chi connectivity index (χ4v) is 9.03. The number of amides is 12. The number of hydrogen-bond donors (Lipinski definition) is 12. The number of methoxy groups -OCH3 is 4. The molecule has 0 heterocycles. The van der Waals surface area contributed by atoms with Crippen LogP contribution in [0.3, 0.4) is 0 Å². The predicted molar refractivity (Wildman–Crippen MR) is 321 cm³/mol. The van der Waals surface area contributed by atoms with Gasteiger partial charge in [-0.15, -0.1) is 0 Å². The van der Waals surface area contributed by atoms with E-state index in [9.17, 15) is 57.5 Å². The highest BCUT2D eigenvalue weighted by molar-refractivity contribution is 6.11. The molecule has 4 rings (SSSR count). The van der Waals surface area contributed by atoms with Crippen molar-refractivity contribution in [1.29, 1.82) is 0 Å². The van der Waals surface area contributed by atoms with Gasteiger partial charge in [0.2, 0.25) is 0 Å². The van der Waals surface area contributed by atoms with Crippen LogP contribution in [-0.2, 0) is 0 Å². The summed E-state index contributed by atoms with van der Waals surface area (Å²) in [7, 11) is 16.0. The van der Waals surface area contributed by atoms with Gasteiger partial charge >= 0.3 is 0 Å². The lowest BCUT2D eigenvalue weighted by Crippen LogP contribution is -2.46. The Balaban J connectivity index is 1.75. The Hall–Kier alpha value is -10.4. The Morgan fingerprint density at radius 2 is 0.420 bits per heavy atom. The number of benzene rings is 4. The Morgan fingerprint density at radius 1 is 0.261 bits per heavy atom. The van der Waals surface area contributed by atoms with Gasteiger partial charge in [0.15, 0.2) is 0 Å². The second kappa shape index (κ2) is 34.0. The summed E-state index contributed by atoms with van der Waals surface area (Å²) >= 11 is 0. The van der Waals surface area contributed by atoms with Gasteiger partial charge in [-0.25, -0.2) is 0 Å². The minimum atomic E-state index is -0.719. The van der Waals surface area contributed by atoms with Crippen LogP contribution in [0.2, 0.25) is 0 Å². The molecule has 0 aromatic heterocycles. The molecule has 0 aliphatic heterocycles. The topological polar surface area (TPSA) is 393 Å². The van der Waals surface area contributed by atoms with E-state index in [1.165, 1.54) is 133 Å². The molecule has 30 heteroatoms. The van der Waals surface area contributed by atoms with Crippen molar-refractivity contribution in [3.05, 3.63) is 115 Å². The van der Waals surface area contributed by atoms with Crippen LogP contribution < -0.4 is 82.7 Å². The van der Waals surface area contributed by atoms with Crippen LogP contribution in [0.4, 0.5) is 0 Å². The van der Waals surface area contributed by atoms with E-state index >= 15 is 0 Å². The van der Waals surface area contributed by atoms with E-state index in [0.29, 0.717) is 0 Å². The number of rotatable bonds is 31. The van der Waals surface area contributed by atoms with Gasteiger partial charge in [-0.05, 0) is 48.5 Å². The quantitative estimate of drug-likeness (QED) is 0.0265. The number of nitrogens with zero attached hydrogens (tertiary/aromatic N) is 2. The molecule has 0 spiro atoms. The molecule has 0 bridgehead atoms. The second-order valence-corrected chi connectivity index (χ2v) is 18.8. The molecule has 0 saturated heterocycles. The first-order valence-electron chi connectivity index (χ1n) is 27.3. The maximum atomic E-state index is 14.0. The average Bonchev–Trinajstić information content (AvgIpc) is 2.23. The van der Waals surface area contributed by atoms with Crippen LogP contribution in [0.25, 0.3) is 0 Å². The Bertz CT molecular complexity index is 2890. The maximum Gasteiger partial charge on any atom is 0.255 e. The van der Waals surface area contributed by atoms with Crippen molar-refractivity contribution >= 4 is 70.9 Å². The molecular weight excluding hydrogens is 1150 g/mol. The summed E-state index contributed by atoms with van der Waals surface area (Å²) in [6.07, 6.45) is 0. The van der Waals surface area contributed by atoms with E-state index in [1.807, 2.05) is 9.80 Å². The monoisotopic (exact) mass is 1220 g/mol. The van der Waals surface area contributed by atoms with Gasteiger partial charge in [0.05, 0.1) is 72.9 Å². The van der Waals surface area contributed by atoms with E-state index in [2.05, 4.69) is 63.8 Å². The van der Waals surface area contributed by atoms with E-state index < -0.39 is 70.9 Å². The molecule has 0 fully saturated rings. The summed E-state index contributed by atoms with van der Waals surface area (Å²) in [5, 5.41) is 31.0. The number of ether oxygens (including phenoxy) is 4. The smallest absolute Gasteiger partial charge is 0.255 e. The molecule has 0 unspecified atom stereocenters. The molecule has 4 aromatic rings. The third kappa shape index (κ3) is 17.6. The molecule has 0 radical (unpaired) electrons. The van der Waals surface area contributed by atoms with Crippen LogP contribution in [-0.4, -0.2) is 231 Å². The molecule has 30 nitrogen and oxygen atoms in total. The fraction of sp³-hybridized carbons (Fsp3) is 0.379. The zero-order valence-corrected chi connectivity index (χ0v) is 51.1. The van der Waals surface area contributed by atoms with Crippen molar-refractivity contribution in [1.82, 2.24) is 73.6 Å². The molecule has 12 N–H and O–H groups in total. The van der Waals surface area contributed by atoms with Crippen molar-refractivity contribution in [2.45, 2.75) is 0 Å². The summed E-state index contributed by atoms with van der Waals surface area (Å²) in [6.45, 7) is 0.265. The lowest BCUT2D eigenvalue weighted by atomic mass is 10.0. The van der Waals surface area contributed by atoms with Crippen LogP contribution in [0.1, 0.15) is 124 Å². The molecule has 0 aliphatic rings. The van der Waals surface area contributed by atoms with Crippen molar-refractivity contribution in [2.75, 3.05) is 150 Å². The van der Waals surface area contributed by atoms with Crippen molar-refractivity contribution < 1.29 is 76.5 Å². The highest BCUT2D eigenvalue weighted by atomic mass is 16.5. The number of carbonyl (C=O) groups excluding carboxylic acids is 12. The molecule has 88 heavy (non-hydrogen) atoms. The summed E-state index contributed by atoms with van der Waals surface area (Å²) in [5.74, 6) is -8.18. The summed E-state index contributed by atoms with van der Waals surface area (Å²) < 4.78 is 22.1. The molecule has 0 saturated carbocycles. The Kier molecular flexibility index (Phi) is 27.1. The minimum Gasteiger partial charge on any atom is -0.495 e. The van der Waals surface area contributed by atoms with Gasteiger partial charge < -0.3 is 82.7 Å². The first-order valence-corrected chi connectivity index (χ1v) is 27.3. The van der Waals surface area contributed by atoms with E-state index in [4.69, 9.17) is 18.9 Å². The summed E-state index contributed by atoms with van der Waals surface area (Å²) in [6, 6.07) is 10.2. The SMILES string of the molecule is CNC(=O)c1cc(C(=O)NC)c(OC)c(C(=O)NCCN(CCNC(=O)c2cc(C(=O)NC)cc(C(=O)NC)c2OC)CCN(CCNC(=O)c2cc(C(=O)NC)cc(C(=O)NC)c2OC)CCNC(=O)c2cc(C(=O)NC)cc(C(=O)NC)c2OC)c1. The standard InChI is InChI=1S/C58H76N14O16/c1-59-47(73)31-23-35(51(77)63-5)43(85-9)39(27-31)55(81)67-13-17-71(18-14-68-56(82)40-28-32(48(74)60-2)24-36(44(40)86-10)52(78)64-6)21-22-72(19-15-69-57(83)41-29-33(49(75)61-3)25-37(45(41)87-11)53(79)65-7)20-16-70-58(84)42-30-34(50(76)62-4)26-38(46(42)88-12)54(80)66-8/h23-30H,13-22H2,1-12H3,(H,59,73)(H,60,74)(H,61,75)(H,62,76)(H,63,77)(H,64,78)(H,65,79)(H,66,80)(H,67,81)(H,68,82)(H,69,83)(H,70,84). The average molecular weight is 1230 g/mol. The number of carbonyl (C=O) groups is 12. The lowest BCUT2D eigenvalue weighted by Gasteiger charge is -2.28. The summed E-state index contributed by atoms with van der Waals surface area (Å²) in [5.41, 5.74) is -0.909. The first kappa shape index (κ1) is 70.1. The van der Waals surface area contributed by atoms with Gasteiger partial charge in [-0.2, -0.15) is 0 Å². The van der Waals surface area contributed by atoms with Gasteiger partial charge in [-0.1, -0.05) is 0 Å². The molecular formula is C58H76N14O16. The number of hydrogen-bond acceptors (Lipinski definition) is 18. The van der Waals surface area contributed by atoms with E-state index in [0.717, 1.165) is 0 Å². The lowest BCUT2D eigenvalue weighted by molar-refractivity contribution is 0.0914. The molecule has 4 aromatic carbocycles. The molecule has 12 amide bonds. The minimum absolute atomic E-state index is 0.00721.